The minimum Gasteiger partial charge on any atom is -0.316 e. The van der Waals surface area contributed by atoms with E-state index < -0.39 is 0 Å². The van der Waals surface area contributed by atoms with Gasteiger partial charge >= 0.3 is 0 Å². The molecule has 0 bridgehead atoms. The fourth-order valence-corrected chi connectivity index (χ4v) is 4.26. The minimum absolute atomic E-state index is 0.899. The third kappa shape index (κ3) is 4.61. The van der Waals surface area contributed by atoms with E-state index in [-0.39, 0.29) is 0 Å². The van der Waals surface area contributed by atoms with Crippen LogP contribution in [0.25, 0.3) is 0 Å². The molecule has 1 aromatic heterocycles. The molecule has 1 aliphatic rings. The molecule has 1 aliphatic carbocycles. The second kappa shape index (κ2) is 8.06. The summed E-state index contributed by atoms with van der Waals surface area (Å²) < 4.78 is 0. The molecule has 1 nitrogen and oxygen atoms in total. The first-order chi connectivity index (χ1) is 9.33. The molecule has 0 spiro atoms. The van der Waals surface area contributed by atoms with Crippen molar-refractivity contribution in [2.75, 3.05) is 13.1 Å². The lowest BCUT2D eigenvalue weighted by Crippen LogP contribution is -2.34. The van der Waals surface area contributed by atoms with Crippen LogP contribution in [0.3, 0.4) is 0 Å². The van der Waals surface area contributed by atoms with Gasteiger partial charge in [0.15, 0.2) is 0 Å². The number of nitrogens with one attached hydrogen (secondary N) is 1. The topological polar surface area (TPSA) is 12.0 Å². The number of rotatable bonds is 7. The van der Waals surface area contributed by atoms with Gasteiger partial charge in [0.1, 0.15) is 0 Å². The molecule has 19 heavy (non-hydrogen) atoms. The highest BCUT2D eigenvalue weighted by molar-refractivity contribution is 7.09. The van der Waals surface area contributed by atoms with Crippen molar-refractivity contribution in [3.05, 3.63) is 22.4 Å². The summed E-state index contributed by atoms with van der Waals surface area (Å²) in [7, 11) is 0. The zero-order valence-corrected chi connectivity index (χ0v) is 13.3. The molecule has 0 aliphatic heterocycles. The lowest BCUT2D eigenvalue weighted by molar-refractivity contribution is 0.172. The van der Waals surface area contributed by atoms with Gasteiger partial charge in [0.05, 0.1) is 0 Å². The van der Waals surface area contributed by atoms with Gasteiger partial charge in [-0.1, -0.05) is 32.8 Å². The first-order valence-corrected chi connectivity index (χ1v) is 8.94. The Kier molecular flexibility index (Phi) is 6.39. The van der Waals surface area contributed by atoms with Gasteiger partial charge in [-0.3, -0.25) is 0 Å². The van der Waals surface area contributed by atoms with Crippen LogP contribution < -0.4 is 5.32 Å². The van der Waals surface area contributed by atoms with Crippen LogP contribution in [-0.4, -0.2) is 13.1 Å². The van der Waals surface area contributed by atoms with Crippen LogP contribution in [0.15, 0.2) is 17.5 Å². The summed E-state index contributed by atoms with van der Waals surface area (Å²) in [5, 5.41) is 5.87. The Morgan fingerprint density at radius 2 is 2.16 bits per heavy atom. The predicted octanol–water partition coefficient (Wildman–Crippen LogP) is 4.73. The first kappa shape index (κ1) is 15.1. The van der Waals surface area contributed by atoms with Crippen LogP contribution in [0, 0.1) is 17.8 Å². The highest BCUT2D eigenvalue weighted by Crippen LogP contribution is 2.37. The zero-order chi connectivity index (χ0) is 13.5. The summed E-state index contributed by atoms with van der Waals surface area (Å²) in [6, 6.07) is 4.52. The normalized spacial score (nSPS) is 27.6. The van der Waals surface area contributed by atoms with Gasteiger partial charge in [-0.2, -0.15) is 0 Å². The van der Waals surface area contributed by atoms with Gasteiger partial charge in [-0.15, -0.1) is 11.3 Å². The molecule has 1 fully saturated rings. The van der Waals surface area contributed by atoms with Gasteiger partial charge in [0, 0.05) is 4.88 Å². The smallest absolute Gasteiger partial charge is 0.00480 e. The molecule has 0 radical (unpaired) electrons. The van der Waals surface area contributed by atoms with Gasteiger partial charge in [-0.05, 0) is 68.0 Å². The third-order valence-electron chi connectivity index (χ3n) is 4.70. The van der Waals surface area contributed by atoms with Crippen LogP contribution in [0.4, 0.5) is 0 Å². The standard InChI is InChI=1S/C17H29NS/c1-3-9-18-13-15-8-7-14(4-2)11-16(15)12-17-6-5-10-19-17/h5-6,10,14-16,18H,3-4,7-9,11-13H2,1-2H3. The van der Waals surface area contributed by atoms with Gasteiger partial charge in [0.25, 0.3) is 0 Å². The van der Waals surface area contributed by atoms with Gasteiger partial charge in [-0.25, -0.2) is 0 Å². The maximum absolute atomic E-state index is 3.65. The summed E-state index contributed by atoms with van der Waals surface area (Å²) in [4.78, 5) is 1.59. The molecule has 1 heterocycles. The van der Waals surface area contributed by atoms with Crippen molar-refractivity contribution < 1.29 is 0 Å². The fraction of sp³-hybridized carbons (Fsp3) is 0.765. The van der Waals surface area contributed by atoms with Crippen LogP contribution in [-0.2, 0) is 6.42 Å². The maximum Gasteiger partial charge on any atom is 0.00480 e. The van der Waals surface area contributed by atoms with Crippen molar-refractivity contribution in [1.29, 1.82) is 0 Å². The van der Waals surface area contributed by atoms with E-state index in [0.29, 0.717) is 0 Å². The summed E-state index contributed by atoms with van der Waals surface area (Å²) in [5.41, 5.74) is 0. The first-order valence-electron chi connectivity index (χ1n) is 8.06. The molecule has 3 atom stereocenters. The molecule has 3 unspecified atom stereocenters. The van der Waals surface area contributed by atoms with Gasteiger partial charge < -0.3 is 5.32 Å². The van der Waals surface area contributed by atoms with Crippen LogP contribution in [0.2, 0.25) is 0 Å². The zero-order valence-electron chi connectivity index (χ0n) is 12.5. The van der Waals surface area contributed by atoms with Crippen molar-refractivity contribution in [2.45, 2.75) is 52.4 Å². The molecule has 1 N–H and O–H groups in total. The Hall–Kier alpha value is -0.340. The summed E-state index contributed by atoms with van der Waals surface area (Å²) in [6.07, 6.45) is 8.27. The predicted molar refractivity (Wildman–Crippen MR) is 85.8 cm³/mol. The third-order valence-corrected chi connectivity index (χ3v) is 5.60. The number of hydrogen-bond acceptors (Lipinski definition) is 2. The summed E-state index contributed by atoms with van der Waals surface area (Å²) >= 11 is 1.94. The van der Waals surface area contributed by atoms with E-state index in [4.69, 9.17) is 0 Å². The van der Waals surface area contributed by atoms with E-state index in [9.17, 15) is 0 Å². The average Bonchev–Trinajstić information content (AvgIpc) is 2.93. The Bertz CT molecular complexity index is 331. The molecular formula is C17H29NS. The van der Waals surface area contributed by atoms with Crippen molar-refractivity contribution >= 4 is 11.3 Å². The van der Waals surface area contributed by atoms with Crippen LogP contribution in [0.1, 0.15) is 50.8 Å². The number of hydrogen-bond donors (Lipinski definition) is 1. The monoisotopic (exact) mass is 279 g/mol. The Morgan fingerprint density at radius 1 is 1.26 bits per heavy atom. The quantitative estimate of drug-likeness (QED) is 0.711. The molecule has 108 valence electrons. The average molecular weight is 279 g/mol. The largest absolute Gasteiger partial charge is 0.316 e. The minimum atomic E-state index is 0.899. The van der Waals surface area contributed by atoms with E-state index in [1.807, 2.05) is 11.3 Å². The fourth-order valence-electron chi connectivity index (χ4n) is 3.46. The van der Waals surface area contributed by atoms with Gasteiger partial charge in [0.2, 0.25) is 0 Å². The van der Waals surface area contributed by atoms with E-state index in [1.165, 1.54) is 51.6 Å². The van der Waals surface area contributed by atoms with Crippen molar-refractivity contribution in [1.82, 2.24) is 5.32 Å². The molecular weight excluding hydrogens is 250 g/mol. The molecule has 2 rings (SSSR count). The van der Waals surface area contributed by atoms with E-state index >= 15 is 0 Å². The second-order valence-electron chi connectivity index (χ2n) is 6.10. The second-order valence-corrected chi connectivity index (χ2v) is 7.13. The molecule has 1 saturated carbocycles. The maximum atomic E-state index is 3.65. The molecule has 0 amide bonds. The SMILES string of the molecule is CCCNCC1CCC(CC)CC1Cc1cccs1. The molecule has 1 aromatic rings. The highest BCUT2D eigenvalue weighted by atomic mass is 32.1. The van der Waals surface area contributed by atoms with Crippen molar-refractivity contribution in [3.8, 4) is 0 Å². The Balaban J connectivity index is 1.90. The van der Waals surface area contributed by atoms with Crippen molar-refractivity contribution in [3.63, 3.8) is 0 Å². The molecule has 2 heteroatoms. The van der Waals surface area contributed by atoms with Crippen LogP contribution in [0.5, 0.6) is 0 Å². The van der Waals surface area contributed by atoms with E-state index in [1.54, 1.807) is 4.88 Å². The molecule has 0 saturated heterocycles. The van der Waals surface area contributed by atoms with Crippen LogP contribution >= 0.6 is 11.3 Å². The number of thiophene rings is 1. The Morgan fingerprint density at radius 3 is 2.84 bits per heavy atom. The van der Waals surface area contributed by atoms with E-state index in [2.05, 4.69) is 36.7 Å². The summed E-state index contributed by atoms with van der Waals surface area (Å²) in [5.74, 6) is 2.78. The highest BCUT2D eigenvalue weighted by Gasteiger charge is 2.29. The van der Waals surface area contributed by atoms with E-state index in [0.717, 1.165) is 17.8 Å². The lowest BCUT2D eigenvalue weighted by Gasteiger charge is -2.36. The Labute approximate surface area is 122 Å². The lowest BCUT2D eigenvalue weighted by atomic mass is 9.71. The summed E-state index contributed by atoms with van der Waals surface area (Å²) in [6.45, 7) is 7.03. The molecule has 0 aromatic carbocycles. The van der Waals surface area contributed by atoms with Crippen molar-refractivity contribution in [2.24, 2.45) is 17.8 Å².